The minimum Gasteiger partial charge on any atom is -0.385 e. The molecule has 0 unspecified atom stereocenters. The predicted octanol–water partition coefficient (Wildman–Crippen LogP) is 3.83. The zero-order valence-corrected chi connectivity index (χ0v) is 10.3. The van der Waals surface area contributed by atoms with E-state index in [0.29, 0.717) is 5.41 Å². The van der Waals surface area contributed by atoms with Gasteiger partial charge >= 0.3 is 0 Å². The van der Waals surface area contributed by atoms with Gasteiger partial charge < -0.3 is 5.32 Å². The third kappa shape index (κ3) is 2.11. The second-order valence-corrected chi connectivity index (χ2v) is 5.73. The van der Waals surface area contributed by atoms with Crippen molar-refractivity contribution in [1.29, 1.82) is 0 Å². The van der Waals surface area contributed by atoms with E-state index in [1.165, 1.54) is 24.1 Å². The van der Waals surface area contributed by atoms with Crippen LogP contribution in [0.5, 0.6) is 0 Å². The van der Waals surface area contributed by atoms with Crippen molar-refractivity contribution in [1.82, 2.24) is 0 Å². The van der Waals surface area contributed by atoms with E-state index in [2.05, 4.69) is 53.3 Å². The van der Waals surface area contributed by atoms with Crippen LogP contribution in [0.25, 0.3) is 0 Å². The fourth-order valence-electron chi connectivity index (χ4n) is 2.01. The molecule has 1 aromatic carbocycles. The van der Waals surface area contributed by atoms with E-state index in [1.807, 2.05) is 0 Å². The van der Waals surface area contributed by atoms with Gasteiger partial charge in [0.05, 0.1) is 0 Å². The summed E-state index contributed by atoms with van der Waals surface area (Å²) in [7, 11) is 0. The number of nitrogens with one attached hydrogen (secondary N) is 1. The Bertz CT molecular complexity index is 344. The van der Waals surface area contributed by atoms with Gasteiger partial charge in [0.25, 0.3) is 0 Å². The highest BCUT2D eigenvalue weighted by atomic mass is 79.9. The molecule has 0 saturated heterocycles. The molecule has 2 rings (SSSR count). The maximum Gasteiger partial charge on any atom is 0.0384 e. The van der Waals surface area contributed by atoms with Gasteiger partial charge in [0.2, 0.25) is 0 Å². The van der Waals surface area contributed by atoms with Crippen molar-refractivity contribution in [3.63, 3.8) is 0 Å². The second-order valence-electron chi connectivity index (χ2n) is 4.82. The Morgan fingerprint density at radius 3 is 2.93 bits per heavy atom. The molecule has 0 spiro atoms. The van der Waals surface area contributed by atoms with Gasteiger partial charge in [-0.3, -0.25) is 0 Å². The molecular weight excluding hydrogens is 238 g/mol. The van der Waals surface area contributed by atoms with Gasteiger partial charge in [-0.15, -0.1) is 0 Å². The Morgan fingerprint density at radius 1 is 1.36 bits per heavy atom. The second kappa shape index (κ2) is 3.58. The Balaban J connectivity index is 2.37. The summed E-state index contributed by atoms with van der Waals surface area (Å²) in [6.07, 6.45) is 2.40. The largest absolute Gasteiger partial charge is 0.385 e. The first-order valence-corrected chi connectivity index (χ1v) is 5.88. The molecule has 14 heavy (non-hydrogen) atoms. The van der Waals surface area contributed by atoms with Gasteiger partial charge in [0.15, 0.2) is 0 Å². The van der Waals surface area contributed by atoms with Crippen molar-refractivity contribution >= 4 is 21.6 Å². The standard InChI is InChI=1S/C12H16BrN/c1-12(2)5-6-14-11-7-10(13)4-3-9(11)8-12/h3-4,7,14H,5-6,8H2,1-2H3. The Kier molecular flexibility index (Phi) is 2.56. The molecule has 0 bridgehead atoms. The number of hydrogen-bond acceptors (Lipinski definition) is 1. The minimum absolute atomic E-state index is 0.423. The van der Waals surface area contributed by atoms with Crippen molar-refractivity contribution in [2.45, 2.75) is 26.7 Å². The quantitative estimate of drug-likeness (QED) is 0.741. The normalized spacial score (nSPS) is 19.4. The van der Waals surface area contributed by atoms with E-state index in [9.17, 15) is 0 Å². The lowest BCUT2D eigenvalue weighted by molar-refractivity contribution is 0.349. The first kappa shape index (κ1) is 10.0. The van der Waals surface area contributed by atoms with Crippen LogP contribution in [-0.4, -0.2) is 6.54 Å². The van der Waals surface area contributed by atoms with Gasteiger partial charge in [0.1, 0.15) is 0 Å². The van der Waals surface area contributed by atoms with Crippen molar-refractivity contribution < 1.29 is 0 Å². The molecule has 0 atom stereocenters. The molecule has 1 heterocycles. The number of anilines is 1. The molecule has 1 N–H and O–H groups in total. The summed E-state index contributed by atoms with van der Waals surface area (Å²) in [6, 6.07) is 6.53. The van der Waals surface area contributed by atoms with Gasteiger partial charge in [-0.2, -0.15) is 0 Å². The molecule has 0 amide bonds. The molecule has 1 nitrogen and oxygen atoms in total. The summed E-state index contributed by atoms with van der Waals surface area (Å²) >= 11 is 3.50. The first-order chi connectivity index (χ1) is 6.57. The molecule has 1 aliphatic rings. The Labute approximate surface area is 94.0 Å². The lowest BCUT2D eigenvalue weighted by atomic mass is 9.83. The fraction of sp³-hybridized carbons (Fsp3) is 0.500. The van der Waals surface area contributed by atoms with Crippen molar-refractivity contribution in [2.24, 2.45) is 5.41 Å². The monoisotopic (exact) mass is 253 g/mol. The van der Waals surface area contributed by atoms with Crippen molar-refractivity contribution in [3.8, 4) is 0 Å². The summed E-state index contributed by atoms with van der Waals surface area (Å²) in [5.74, 6) is 0. The van der Waals surface area contributed by atoms with Crippen LogP contribution < -0.4 is 5.32 Å². The van der Waals surface area contributed by atoms with Crippen LogP contribution in [0.4, 0.5) is 5.69 Å². The third-order valence-corrected chi connectivity index (χ3v) is 3.35. The van der Waals surface area contributed by atoms with Crippen LogP contribution in [0.3, 0.4) is 0 Å². The highest BCUT2D eigenvalue weighted by Crippen LogP contribution is 2.33. The lowest BCUT2D eigenvalue weighted by Crippen LogP contribution is -2.15. The molecule has 0 aromatic heterocycles. The minimum atomic E-state index is 0.423. The Morgan fingerprint density at radius 2 is 2.14 bits per heavy atom. The highest BCUT2D eigenvalue weighted by Gasteiger charge is 2.22. The third-order valence-electron chi connectivity index (χ3n) is 2.86. The summed E-state index contributed by atoms with van der Waals surface area (Å²) in [4.78, 5) is 0. The van der Waals surface area contributed by atoms with Gasteiger partial charge in [0, 0.05) is 16.7 Å². The first-order valence-electron chi connectivity index (χ1n) is 5.09. The number of rotatable bonds is 0. The SMILES string of the molecule is CC1(C)CCNc2cc(Br)ccc2C1. The molecule has 0 saturated carbocycles. The van der Waals surface area contributed by atoms with E-state index >= 15 is 0 Å². The average molecular weight is 254 g/mol. The average Bonchev–Trinajstić information content (AvgIpc) is 2.22. The molecule has 1 aromatic rings. The number of hydrogen-bond donors (Lipinski definition) is 1. The predicted molar refractivity (Wildman–Crippen MR) is 64.7 cm³/mol. The summed E-state index contributed by atoms with van der Waals surface area (Å²) in [5, 5.41) is 3.49. The molecule has 0 aliphatic carbocycles. The highest BCUT2D eigenvalue weighted by molar-refractivity contribution is 9.10. The van der Waals surface area contributed by atoms with Crippen LogP contribution in [-0.2, 0) is 6.42 Å². The fourth-order valence-corrected chi connectivity index (χ4v) is 2.37. The molecule has 1 aliphatic heterocycles. The van der Waals surface area contributed by atoms with Crippen LogP contribution in [0.15, 0.2) is 22.7 Å². The molecule has 0 fully saturated rings. The van der Waals surface area contributed by atoms with Crippen molar-refractivity contribution in [2.75, 3.05) is 11.9 Å². The van der Waals surface area contributed by atoms with E-state index in [4.69, 9.17) is 0 Å². The zero-order chi connectivity index (χ0) is 10.2. The van der Waals surface area contributed by atoms with Gasteiger partial charge in [-0.05, 0) is 36.0 Å². The van der Waals surface area contributed by atoms with Gasteiger partial charge in [-0.25, -0.2) is 0 Å². The number of halogens is 1. The lowest BCUT2D eigenvalue weighted by Gasteiger charge is -2.21. The van der Waals surface area contributed by atoms with Crippen LogP contribution >= 0.6 is 15.9 Å². The topological polar surface area (TPSA) is 12.0 Å². The molecule has 2 heteroatoms. The Hall–Kier alpha value is -0.500. The van der Waals surface area contributed by atoms with Crippen LogP contribution in [0.1, 0.15) is 25.8 Å². The van der Waals surface area contributed by atoms with Crippen molar-refractivity contribution in [3.05, 3.63) is 28.2 Å². The maximum atomic E-state index is 3.50. The summed E-state index contributed by atoms with van der Waals surface area (Å²) in [6.45, 7) is 5.76. The van der Waals surface area contributed by atoms with Crippen LogP contribution in [0, 0.1) is 5.41 Å². The summed E-state index contributed by atoms with van der Waals surface area (Å²) < 4.78 is 1.16. The maximum absolute atomic E-state index is 3.50. The number of benzene rings is 1. The molecule has 76 valence electrons. The smallest absolute Gasteiger partial charge is 0.0384 e. The van der Waals surface area contributed by atoms with E-state index in [1.54, 1.807) is 0 Å². The van der Waals surface area contributed by atoms with Crippen LogP contribution in [0.2, 0.25) is 0 Å². The summed E-state index contributed by atoms with van der Waals surface area (Å²) in [5.41, 5.74) is 3.16. The molecular formula is C12H16BrN. The van der Waals surface area contributed by atoms with E-state index < -0.39 is 0 Å². The van der Waals surface area contributed by atoms with E-state index in [-0.39, 0.29) is 0 Å². The number of fused-ring (bicyclic) bond motifs is 1. The molecule has 0 radical (unpaired) electrons. The zero-order valence-electron chi connectivity index (χ0n) is 8.73. The van der Waals surface area contributed by atoms with Gasteiger partial charge in [-0.1, -0.05) is 35.8 Å². The van der Waals surface area contributed by atoms with E-state index in [0.717, 1.165) is 11.0 Å².